The number of methoxy groups -OCH3 is 1. The minimum Gasteiger partial charge on any atom is -0.472 e. The number of rotatable bonds is 4. The van der Waals surface area contributed by atoms with Crippen LogP contribution in [-0.2, 0) is 9.53 Å². The largest absolute Gasteiger partial charge is 0.472 e. The fourth-order valence-electron chi connectivity index (χ4n) is 3.33. The van der Waals surface area contributed by atoms with Crippen molar-refractivity contribution in [1.82, 2.24) is 0 Å². The van der Waals surface area contributed by atoms with Crippen LogP contribution in [0.25, 0.3) is 0 Å². The summed E-state index contributed by atoms with van der Waals surface area (Å²) < 4.78 is 9.93. The molecule has 25 heavy (non-hydrogen) atoms. The maximum absolute atomic E-state index is 11.9. The van der Waals surface area contributed by atoms with Crippen molar-refractivity contribution in [2.24, 2.45) is 11.3 Å². The molecule has 0 radical (unpaired) electrons. The molecule has 0 saturated heterocycles. The fraction of sp³-hybridized carbons (Fsp3) is 0.476. The molecular weight excluding hydrogens is 316 g/mol. The quantitative estimate of drug-likeness (QED) is 0.801. The highest BCUT2D eigenvalue weighted by Gasteiger charge is 2.33. The van der Waals surface area contributed by atoms with Crippen LogP contribution >= 0.6 is 0 Å². The first kappa shape index (κ1) is 19.3. The van der Waals surface area contributed by atoms with Gasteiger partial charge in [-0.25, -0.2) is 4.79 Å². The molecule has 2 rings (SSSR count). The van der Waals surface area contributed by atoms with Crippen LogP contribution in [0.1, 0.15) is 51.2 Å². The van der Waals surface area contributed by atoms with E-state index in [0.717, 1.165) is 30.4 Å². The molecule has 4 heteroatoms. The van der Waals surface area contributed by atoms with Crippen LogP contribution in [0.4, 0.5) is 0 Å². The third-order valence-corrected chi connectivity index (χ3v) is 5.43. The fourth-order valence-corrected chi connectivity index (χ4v) is 3.33. The number of ether oxygens (including phenoxy) is 1. The van der Waals surface area contributed by atoms with Crippen LogP contribution in [0, 0.1) is 11.3 Å². The molecule has 4 nitrogen and oxygen atoms in total. The van der Waals surface area contributed by atoms with Crippen LogP contribution in [0.3, 0.4) is 0 Å². The summed E-state index contributed by atoms with van der Waals surface area (Å²) in [6, 6.07) is 1.81. The molecule has 0 amide bonds. The Labute approximate surface area is 149 Å². The molecule has 1 aromatic rings. The lowest BCUT2D eigenvalue weighted by Crippen LogP contribution is -2.28. The van der Waals surface area contributed by atoms with Crippen molar-refractivity contribution < 1.29 is 19.1 Å². The van der Waals surface area contributed by atoms with Crippen LogP contribution in [0.2, 0.25) is 0 Å². The first-order chi connectivity index (χ1) is 11.9. The summed E-state index contributed by atoms with van der Waals surface area (Å²) in [5.74, 6) is 0.00784. The molecule has 0 bridgehead atoms. The van der Waals surface area contributed by atoms with Gasteiger partial charge in [0.25, 0.3) is 0 Å². The van der Waals surface area contributed by atoms with Crippen LogP contribution in [0.5, 0.6) is 0 Å². The number of hydrogen-bond acceptors (Lipinski definition) is 4. The lowest BCUT2D eigenvalue weighted by molar-refractivity contribution is -0.135. The molecule has 1 N–H and O–H groups in total. The molecule has 0 fully saturated rings. The van der Waals surface area contributed by atoms with E-state index in [1.54, 1.807) is 18.6 Å². The van der Waals surface area contributed by atoms with Gasteiger partial charge < -0.3 is 14.3 Å². The highest BCUT2D eigenvalue weighted by Crippen LogP contribution is 2.43. The number of carbonyl (C=O) groups is 1. The van der Waals surface area contributed by atoms with Crippen LogP contribution in [0.15, 0.2) is 59.0 Å². The predicted molar refractivity (Wildman–Crippen MR) is 97.8 cm³/mol. The minimum absolute atomic E-state index is 0.0654. The van der Waals surface area contributed by atoms with Crippen molar-refractivity contribution in [3.63, 3.8) is 0 Å². The van der Waals surface area contributed by atoms with Gasteiger partial charge in [-0.05, 0) is 54.7 Å². The molecule has 1 aromatic heterocycles. The second kappa shape index (κ2) is 8.34. The van der Waals surface area contributed by atoms with Gasteiger partial charge in [0.05, 0.1) is 31.3 Å². The summed E-state index contributed by atoms with van der Waals surface area (Å²) in [4.78, 5) is 11.9. The summed E-state index contributed by atoms with van der Waals surface area (Å²) in [5, 5.41) is 10.6. The number of aliphatic hydroxyl groups excluding tert-OH is 1. The van der Waals surface area contributed by atoms with Gasteiger partial charge in [-0.3, -0.25) is 0 Å². The Morgan fingerprint density at radius 1 is 1.56 bits per heavy atom. The molecule has 0 saturated carbocycles. The molecule has 0 aliphatic heterocycles. The van der Waals surface area contributed by atoms with Crippen molar-refractivity contribution in [2.45, 2.75) is 45.6 Å². The van der Waals surface area contributed by atoms with E-state index in [1.165, 1.54) is 7.11 Å². The van der Waals surface area contributed by atoms with Gasteiger partial charge in [0.1, 0.15) is 0 Å². The Morgan fingerprint density at radius 2 is 2.32 bits per heavy atom. The van der Waals surface area contributed by atoms with E-state index in [9.17, 15) is 9.90 Å². The lowest BCUT2D eigenvalue weighted by Gasteiger charge is -2.37. The van der Waals surface area contributed by atoms with Crippen molar-refractivity contribution >= 4 is 5.97 Å². The molecule has 0 unspecified atom stereocenters. The summed E-state index contributed by atoms with van der Waals surface area (Å²) in [6.45, 7) is 8.47. The number of carbonyl (C=O) groups excluding carboxylic acids is 1. The summed E-state index contributed by atoms with van der Waals surface area (Å²) in [5.41, 5.74) is 2.08. The smallest absolute Gasteiger partial charge is 0.338 e. The van der Waals surface area contributed by atoms with Gasteiger partial charge >= 0.3 is 5.97 Å². The Bertz CT molecular complexity index is 653. The average Bonchev–Trinajstić information content (AvgIpc) is 3.12. The molecule has 1 heterocycles. The second-order valence-electron chi connectivity index (χ2n) is 7.18. The standard InChI is InChI=1S/C21H28O4/c1-15-8-9-16(2)21(3,13-19(22)17-10-12-25-14-17)11-6-5-7-18(15)20(23)24-4/h5-7,10,12,14,16,19,22H,1,8-9,11,13H2,2-4H3/t16-,19-,21+/m1/s1. The topological polar surface area (TPSA) is 59.7 Å². The molecular formula is C21H28O4. The van der Waals surface area contributed by atoms with E-state index in [-0.39, 0.29) is 11.4 Å². The SMILES string of the molecule is C=C1CC[C@@H](C)[C@](C)(C[C@@H](O)c2ccoc2)CC=CC=C1C(=O)OC. The number of allylic oxidation sites excluding steroid dienone is 3. The second-order valence-corrected chi connectivity index (χ2v) is 7.18. The summed E-state index contributed by atoms with van der Waals surface area (Å²) in [7, 11) is 1.38. The lowest BCUT2D eigenvalue weighted by atomic mass is 9.68. The van der Waals surface area contributed by atoms with Crippen molar-refractivity contribution in [2.75, 3.05) is 7.11 Å². The van der Waals surface area contributed by atoms with E-state index >= 15 is 0 Å². The Kier molecular flexibility index (Phi) is 6.43. The number of furan rings is 1. The Hall–Kier alpha value is -2.07. The van der Waals surface area contributed by atoms with E-state index in [0.29, 0.717) is 17.9 Å². The number of hydrogen-bond donors (Lipinski definition) is 1. The van der Waals surface area contributed by atoms with Crippen LogP contribution in [-0.4, -0.2) is 18.2 Å². The van der Waals surface area contributed by atoms with Gasteiger partial charge in [-0.2, -0.15) is 0 Å². The third kappa shape index (κ3) is 4.73. The molecule has 3 atom stereocenters. The minimum atomic E-state index is -0.549. The maximum atomic E-state index is 11.9. The van der Waals surface area contributed by atoms with Crippen molar-refractivity contribution in [3.8, 4) is 0 Å². The van der Waals surface area contributed by atoms with Crippen LogP contribution < -0.4 is 0 Å². The van der Waals surface area contributed by atoms with Crippen molar-refractivity contribution in [1.29, 1.82) is 0 Å². The third-order valence-electron chi connectivity index (χ3n) is 5.43. The van der Waals surface area contributed by atoms with Crippen molar-refractivity contribution in [3.05, 3.63) is 60.1 Å². The number of aliphatic hydroxyl groups is 1. The van der Waals surface area contributed by atoms with E-state index in [2.05, 4.69) is 26.5 Å². The van der Waals surface area contributed by atoms with Gasteiger partial charge in [0.15, 0.2) is 0 Å². The van der Waals surface area contributed by atoms with Gasteiger partial charge in [-0.1, -0.05) is 32.6 Å². The maximum Gasteiger partial charge on any atom is 0.338 e. The van der Waals surface area contributed by atoms with Gasteiger partial charge in [0, 0.05) is 5.56 Å². The zero-order valence-corrected chi connectivity index (χ0v) is 15.3. The first-order valence-corrected chi connectivity index (χ1v) is 8.71. The van der Waals surface area contributed by atoms with E-state index in [4.69, 9.17) is 9.15 Å². The predicted octanol–water partition coefficient (Wildman–Crippen LogP) is 4.74. The molecule has 1 aliphatic carbocycles. The Morgan fingerprint density at radius 3 is 2.96 bits per heavy atom. The van der Waals surface area contributed by atoms with E-state index in [1.807, 2.05) is 12.1 Å². The molecule has 0 spiro atoms. The molecule has 1 aliphatic rings. The number of esters is 1. The molecule has 136 valence electrons. The molecule has 0 aromatic carbocycles. The highest BCUT2D eigenvalue weighted by atomic mass is 16.5. The normalized spacial score (nSPS) is 26.0. The van der Waals surface area contributed by atoms with Gasteiger partial charge in [0.2, 0.25) is 0 Å². The highest BCUT2D eigenvalue weighted by molar-refractivity contribution is 5.93. The van der Waals surface area contributed by atoms with Gasteiger partial charge in [-0.15, -0.1) is 0 Å². The zero-order valence-electron chi connectivity index (χ0n) is 15.3. The monoisotopic (exact) mass is 344 g/mol. The Balaban J connectivity index is 2.20. The first-order valence-electron chi connectivity index (χ1n) is 8.71. The summed E-state index contributed by atoms with van der Waals surface area (Å²) in [6.07, 6.45) is 11.5. The van der Waals surface area contributed by atoms with E-state index < -0.39 is 6.10 Å². The zero-order chi connectivity index (χ0) is 18.4. The average molecular weight is 344 g/mol. The summed E-state index contributed by atoms with van der Waals surface area (Å²) >= 11 is 0.